The Morgan fingerprint density at radius 2 is 0.500 bits per heavy atom. The maximum Gasteiger partial charge on any atom is -0.00206 e. The van der Waals surface area contributed by atoms with Crippen molar-refractivity contribution in [3.05, 3.63) is 231 Å². The summed E-state index contributed by atoms with van der Waals surface area (Å²) in [4.78, 5) is 0. The highest BCUT2D eigenvalue weighted by atomic mass is 14.2. The van der Waals surface area contributed by atoms with Crippen molar-refractivity contribution < 1.29 is 0 Å². The van der Waals surface area contributed by atoms with Crippen LogP contribution in [0.4, 0.5) is 0 Å². The van der Waals surface area contributed by atoms with Crippen molar-refractivity contribution in [2.24, 2.45) is 0 Å². The molecule has 0 fully saturated rings. The van der Waals surface area contributed by atoms with Crippen LogP contribution in [0.25, 0.3) is 142 Å². The van der Waals surface area contributed by atoms with Crippen molar-refractivity contribution in [1.29, 1.82) is 0 Å². The van der Waals surface area contributed by atoms with E-state index in [0.717, 1.165) is 0 Å². The molecule has 0 bridgehead atoms. The van der Waals surface area contributed by atoms with Gasteiger partial charge in [-0.15, -0.1) is 0 Å². The van der Waals surface area contributed by atoms with Crippen molar-refractivity contribution in [1.82, 2.24) is 0 Å². The van der Waals surface area contributed by atoms with Gasteiger partial charge in [-0.05, 0) is 154 Å². The van der Waals surface area contributed by atoms with Crippen molar-refractivity contribution in [3.8, 4) is 55.6 Å². The van der Waals surface area contributed by atoms with Crippen molar-refractivity contribution in [3.63, 3.8) is 0 Å². The summed E-state index contributed by atoms with van der Waals surface area (Å²) >= 11 is 0. The van der Waals surface area contributed by atoms with E-state index in [2.05, 4.69) is 231 Å². The van der Waals surface area contributed by atoms with Crippen LogP contribution < -0.4 is 0 Å². The molecule has 0 amide bonds. The van der Waals surface area contributed by atoms with E-state index in [1.807, 2.05) is 0 Å². The van der Waals surface area contributed by atoms with E-state index < -0.39 is 0 Å². The SMILES string of the molecule is c1ccc2c(-c3cc(-c4ccc5ccc6cccc7ccc4c5c67)ccc3-c3ccc(-c4cccc5ccccc45)c(-c4ccc5ccc6cccc7ccc4c5c67)c3)cccc2c1. The first-order valence-electron chi connectivity index (χ1n) is 22.3. The van der Waals surface area contributed by atoms with Crippen LogP contribution in [0.3, 0.4) is 0 Å². The second-order valence-corrected chi connectivity index (χ2v) is 17.5. The van der Waals surface area contributed by atoms with E-state index in [9.17, 15) is 0 Å². The second kappa shape index (κ2) is 13.6. The van der Waals surface area contributed by atoms with Crippen LogP contribution in [0.5, 0.6) is 0 Å². The van der Waals surface area contributed by atoms with Crippen molar-refractivity contribution >= 4 is 86.2 Å². The molecule has 0 radical (unpaired) electrons. The molecule has 0 saturated heterocycles. The van der Waals surface area contributed by atoms with Crippen LogP contribution in [-0.4, -0.2) is 0 Å². The van der Waals surface area contributed by atoms with Gasteiger partial charge in [-0.3, -0.25) is 0 Å². The van der Waals surface area contributed by atoms with Crippen LogP contribution >= 0.6 is 0 Å². The molecule has 64 heavy (non-hydrogen) atoms. The Labute approximate surface area is 370 Å². The fourth-order valence-corrected chi connectivity index (χ4v) is 11.2. The highest BCUT2D eigenvalue weighted by Crippen LogP contribution is 2.47. The highest BCUT2D eigenvalue weighted by Gasteiger charge is 2.20. The van der Waals surface area contributed by atoms with Gasteiger partial charge in [0, 0.05) is 0 Å². The maximum absolute atomic E-state index is 2.48. The highest BCUT2D eigenvalue weighted by molar-refractivity contribution is 6.27. The maximum atomic E-state index is 2.48. The van der Waals surface area contributed by atoms with Gasteiger partial charge in [0.15, 0.2) is 0 Å². The molecular weight excluding hydrogens is 769 g/mol. The number of fused-ring (bicyclic) bond motifs is 2. The predicted octanol–water partition coefficient (Wildman–Crippen LogP) is 18.1. The van der Waals surface area contributed by atoms with Gasteiger partial charge < -0.3 is 0 Å². The van der Waals surface area contributed by atoms with Gasteiger partial charge in [0.25, 0.3) is 0 Å². The minimum atomic E-state index is 1.19. The van der Waals surface area contributed by atoms with E-state index in [1.54, 1.807) is 0 Å². The van der Waals surface area contributed by atoms with Crippen LogP contribution in [0, 0.1) is 0 Å². The average Bonchev–Trinajstić information content (AvgIpc) is 3.36. The van der Waals surface area contributed by atoms with Gasteiger partial charge in [-0.2, -0.15) is 0 Å². The Morgan fingerprint density at radius 3 is 1.08 bits per heavy atom. The fourth-order valence-electron chi connectivity index (χ4n) is 11.2. The zero-order valence-corrected chi connectivity index (χ0v) is 34.9. The van der Waals surface area contributed by atoms with Gasteiger partial charge in [0.1, 0.15) is 0 Å². The number of hydrogen-bond acceptors (Lipinski definition) is 0. The summed E-state index contributed by atoms with van der Waals surface area (Å²) in [6.45, 7) is 0. The summed E-state index contributed by atoms with van der Waals surface area (Å²) in [5, 5.41) is 20.6. The molecule has 0 nitrogen and oxygen atoms in total. The third-order valence-corrected chi connectivity index (χ3v) is 14.2. The molecule has 0 spiro atoms. The first-order chi connectivity index (χ1) is 31.7. The lowest BCUT2D eigenvalue weighted by atomic mass is 9.83. The molecule has 0 aliphatic rings. The molecule has 0 aliphatic heterocycles. The van der Waals surface area contributed by atoms with Crippen LogP contribution in [0.1, 0.15) is 0 Å². The topological polar surface area (TPSA) is 0 Å². The molecule has 0 aliphatic carbocycles. The zero-order valence-electron chi connectivity index (χ0n) is 34.9. The third kappa shape index (κ3) is 5.17. The number of rotatable bonds is 5. The summed E-state index contributed by atoms with van der Waals surface area (Å²) in [7, 11) is 0. The summed E-state index contributed by atoms with van der Waals surface area (Å²) < 4.78 is 0. The zero-order chi connectivity index (χ0) is 41.9. The Balaban J connectivity index is 1.05. The predicted molar refractivity (Wildman–Crippen MR) is 276 cm³/mol. The lowest BCUT2D eigenvalue weighted by Crippen LogP contribution is -1.94. The lowest BCUT2D eigenvalue weighted by Gasteiger charge is -2.20. The lowest BCUT2D eigenvalue weighted by molar-refractivity contribution is 1.57. The largest absolute Gasteiger partial charge is 0.0616 e. The summed E-state index contributed by atoms with van der Waals surface area (Å²) in [5.74, 6) is 0. The molecule has 14 aromatic carbocycles. The molecule has 0 heteroatoms. The molecule has 0 saturated carbocycles. The smallest absolute Gasteiger partial charge is 0.00206 e. The molecule has 294 valence electrons. The minimum absolute atomic E-state index is 1.19. The average molecular weight is 807 g/mol. The Morgan fingerprint density at radius 1 is 0.156 bits per heavy atom. The van der Waals surface area contributed by atoms with Gasteiger partial charge in [-0.25, -0.2) is 0 Å². The van der Waals surface area contributed by atoms with Crippen molar-refractivity contribution in [2.75, 3.05) is 0 Å². The molecule has 0 atom stereocenters. The fraction of sp³-hybridized carbons (Fsp3) is 0. The van der Waals surface area contributed by atoms with Gasteiger partial charge in [-0.1, -0.05) is 218 Å². The van der Waals surface area contributed by atoms with Crippen molar-refractivity contribution in [2.45, 2.75) is 0 Å². The first kappa shape index (κ1) is 35.3. The van der Waals surface area contributed by atoms with E-state index >= 15 is 0 Å². The monoisotopic (exact) mass is 806 g/mol. The minimum Gasteiger partial charge on any atom is -0.0616 e. The van der Waals surface area contributed by atoms with Crippen LogP contribution in [0.2, 0.25) is 0 Å². The van der Waals surface area contributed by atoms with Crippen LogP contribution in [-0.2, 0) is 0 Å². The standard InChI is InChI=1S/C64H38/c1-3-17-49-39(9-1)11-7-19-53(49)55-34-30-48(38-60(55)56-33-26-46-24-22-42-14-6-16-44-28-36-58(56)64(46)62(42)44)52-32-29-47(37-59(52)54-20-8-12-40-10-2-4-18-50(40)54)51-31-25-45-23-21-41-13-5-15-43-27-35-57(51)63(45)61(41)43/h1-38H. The second-order valence-electron chi connectivity index (χ2n) is 17.5. The molecule has 0 aromatic heterocycles. The van der Waals surface area contributed by atoms with E-state index in [-0.39, 0.29) is 0 Å². The van der Waals surface area contributed by atoms with E-state index in [0.29, 0.717) is 0 Å². The van der Waals surface area contributed by atoms with Gasteiger partial charge >= 0.3 is 0 Å². The van der Waals surface area contributed by atoms with E-state index in [4.69, 9.17) is 0 Å². The first-order valence-corrected chi connectivity index (χ1v) is 22.3. The molecule has 0 N–H and O–H groups in total. The molecular formula is C64H38. The number of benzene rings is 14. The third-order valence-electron chi connectivity index (χ3n) is 14.2. The summed E-state index contributed by atoms with van der Waals surface area (Å²) in [5.41, 5.74) is 12.3. The number of hydrogen-bond donors (Lipinski definition) is 0. The molecule has 0 heterocycles. The van der Waals surface area contributed by atoms with Gasteiger partial charge in [0.2, 0.25) is 0 Å². The molecule has 0 unspecified atom stereocenters. The van der Waals surface area contributed by atoms with E-state index in [1.165, 1.54) is 142 Å². The summed E-state index contributed by atoms with van der Waals surface area (Å²) in [6, 6.07) is 86.5. The van der Waals surface area contributed by atoms with Crippen LogP contribution in [0.15, 0.2) is 231 Å². The summed E-state index contributed by atoms with van der Waals surface area (Å²) in [6.07, 6.45) is 0. The normalized spacial score (nSPS) is 12.1. The quantitative estimate of drug-likeness (QED) is 0.152. The Hall–Kier alpha value is -8.32. The molecule has 14 rings (SSSR count). The Bertz CT molecular complexity index is 4140. The van der Waals surface area contributed by atoms with Gasteiger partial charge in [0.05, 0.1) is 0 Å². The molecule has 14 aromatic rings. The Kier molecular flexibility index (Phi) is 7.49.